The van der Waals surface area contributed by atoms with Crippen LogP contribution in [0, 0.1) is 12.8 Å². The van der Waals surface area contributed by atoms with Crippen LogP contribution in [0.4, 0.5) is 0 Å². The minimum atomic E-state index is -0.767. The standard InChI is InChI=1S/C30H32N4O4S/c1-18-5-8-21(9-6-18)16-38-24-12-10-22(14-25(24)37-4)15-32-33-28(35)20(3)34-17-31-29-27(30(34)36)23-11-7-19(2)13-26(23)39-29/h5-6,8-10,12,14-15,17,19-20H,7,11,13,16H2,1-4H3,(H,33,35)/b32-15-/t19-,20-/m0/s1. The Balaban J connectivity index is 1.25. The lowest BCUT2D eigenvalue weighted by Gasteiger charge is -2.18. The maximum atomic E-state index is 13.3. The number of rotatable bonds is 8. The van der Waals surface area contributed by atoms with E-state index < -0.39 is 11.9 Å². The van der Waals surface area contributed by atoms with Crippen molar-refractivity contribution in [3.05, 3.63) is 86.3 Å². The molecular formula is C30H32N4O4S. The Bertz CT molecular complexity index is 1590. The Kier molecular flexibility index (Phi) is 7.79. The summed E-state index contributed by atoms with van der Waals surface area (Å²) < 4.78 is 12.8. The number of carbonyl (C=O) groups excluding carboxylic acids is 1. The molecule has 2 atom stereocenters. The van der Waals surface area contributed by atoms with Crippen LogP contribution < -0.4 is 20.5 Å². The number of ether oxygens (including phenoxy) is 2. The molecule has 1 N–H and O–H groups in total. The molecule has 202 valence electrons. The van der Waals surface area contributed by atoms with Gasteiger partial charge in [-0.25, -0.2) is 10.4 Å². The molecule has 0 saturated heterocycles. The monoisotopic (exact) mass is 544 g/mol. The molecule has 5 rings (SSSR count). The fourth-order valence-corrected chi connectivity index (χ4v) is 6.08. The van der Waals surface area contributed by atoms with Gasteiger partial charge in [0.25, 0.3) is 11.5 Å². The Morgan fingerprint density at radius 2 is 2.05 bits per heavy atom. The van der Waals surface area contributed by atoms with Crippen molar-refractivity contribution in [3.8, 4) is 11.5 Å². The van der Waals surface area contributed by atoms with Gasteiger partial charge >= 0.3 is 0 Å². The van der Waals surface area contributed by atoms with Crippen LogP contribution in [0.5, 0.6) is 11.5 Å². The molecule has 2 aromatic heterocycles. The zero-order chi connectivity index (χ0) is 27.5. The first-order valence-electron chi connectivity index (χ1n) is 13.0. The maximum absolute atomic E-state index is 13.3. The number of carbonyl (C=O) groups is 1. The first-order valence-corrected chi connectivity index (χ1v) is 13.9. The van der Waals surface area contributed by atoms with Crippen LogP contribution in [0.2, 0.25) is 0 Å². The number of hydrogen-bond donors (Lipinski definition) is 1. The van der Waals surface area contributed by atoms with Gasteiger partial charge in [0.15, 0.2) is 11.5 Å². The van der Waals surface area contributed by atoms with Gasteiger partial charge in [0, 0.05) is 4.88 Å². The van der Waals surface area contributed by atoms with E-state index in [0.29, 0.717) is 29.4 Å². The number of fused-ring (bicyclic) bond motifs is 3. The van der Waals surface area contributed by atoms with E-state index in [9.17, 15) is 9.59 Å². The van der Waals surface area contributed by atoms with Crippen molar-refractivity contribution in [3.63, 3.8) is 0 Å². The van der Waals surface area contributed by atoms with Crippen molar-refractivity contribution in [2.24, 2.45) is 11.0 Å². The van der Waals surface area contributed by atoms with Gasteiger partial charge in [0.05, 0.1) is 25.0 Å². The first-order chi connectivity index (χ1) is 18.8. The van der Waals surface area contributed by atoms with Gasteiger partial charge in [0.2, 0.25) is 0 Å². The first kappa shape index (κ1) is 26.6. The van der Waals surface area contributed by atoms with Gasteiger partial charge in [-0.2, -0.15) is 5.10 Å². The van der Waals surface area contributed by atoms with E-state index in [1.165, 1.54) is 27.5 Å². The fourth-order valence-electron chi connectivity index (χ4n) is 4.74. The predicted octanol–water partition coefficient (Wildman–Crippen LogP) is 5.19. The second-order valence-electron chi connectivity index (χ2n) is 10.1. The molecule has 0 saturated carbocycles. The number of aryl methyl sites for hydroxylation is 2. The molecule has 1 aliphatic rings. The van der Waals surface area contributed by atoms with Gasteiger partial charge in [-0.3, -0.25) is 14.2 Å². The van der Waals surface area contributed by atoms with E-state index in [1.54, 1.807) is 31.4 Å². The highest BCUT2D eigenvalue weighted by Gasteiger charge is 2.25. The SMILES string of the molecule is COc1cc(/C=N\NC(=O)[C@H](C)n2cnc3sc4c(c3c2=O)CC[C@H](C)C4)ccc1OCc1ccc(C)cc1. The molecule has 0 radical (unpaired) electrons. The van der Waals surface area contributed by atoms with Crippen LogP contribution in [-0.4, -0.2) is 28.8 Å². The van der Waals surface area contributed by atoms with Crippen molar-refractivity contribution in [1.82, 2.24) is 15.0 Å². The largest absolute Gasteiger partial charge is 0.493 e. The number of methoxy groups -OCH3 is 1. The second kappa shape index (κ2) is 11.4. The van der Waals surface area contributed by atoms with Crippen molar-refractivity contribution < 1.29 is 14.3 Å². The minimum absolute atomic E-state index is 0.176. The van der Waals surface area contributed by atoms with Crippen molar-refractivity contribution in [1.29, 1.82) is 0 Å². The van der Waals surface area contributed by atoms with Crippen molar-refractivity contribution in [2.75, 3.05) is 7.11 Å². The molecule has 2 aromatic carbocycles. The summed E-state index contributed by atoms with van der Waals surface area (Å²) in [7, 11) is 1.58. The normalized spacial score (nSPS) is 15.7. The smallest absolute Gasteiger partial charge is 0.263 e. The Morgan fingerprint density at radius 1 is 1.26 bits per heavy atom. The van der Waals surface area contributed by atoms with E-state index >= 15 is 0 Å². The molecule has 4 aromatic rings. The quantitative estimate of drug-likeness (QED) is 0.243. The molecule has 8 nitrogen and oxygen atoms in total. The number of aromatic nitrogens is 2. The molecule has 0 spiro atoms. The van der Waals surface area contributed by atoms with E-state index in [0.717, 1.165) is 40.8 Å². The molecule has 1 amide bonds. The Morgan fingerprint density at radius 3 is 2.82 bits per heavy atom. The average Bonchev–Trinajstić information content (AvgIpc) is 3.31. The average molecular weight is 545 g/mol. The van der Waals surface area contributed by atoms with Gasteiger partial charge in [-0.15, -0.1) is 11.3 Å². The summed E-state index contributed by atoms with van der Waals surface area (Å²) in [5, 5.41) is 4.76. The molecule has 2 heterocycles. The summed E-state index contributed by atoms with van der Waals surface area (Å²) in [4.78, 5) is 32.7. The maximum Gasteiger partial charge on any atom is 0.263 e. The summed E-state index contributed by atoms with van der Waals surface area (Å²) >= 11 is 1.60. The number of nitrogens with one attached hydrogen (secondary N) is 1. The minimum Gasteiger partial charge on any atom is -0.493 e. The molecule has 1 aliphatic carbocycles. The van der Waals surface area contributed by atoms with E-state index in [-0.39, 0.29) is 5.56 Å². The van der Waals surface area contributed by atoms with Gasteiger partial charge < -0.3 is 9.47 Å². The van der Waals surface area contributed by atoms with Crippen LogP contribution >= 0.6 is 11.3 Å². The van der Waals surface area contributed by atoms with Crippen LogP contribution in [0.3, 0.4) is 0 Å². The number of hydrazone groups is 1. The van der Waals surface area contributed by atoms with Crippen molar-refractivity contribution >= 4 is 33.7 Å². The molecule has 0 fully saturated rings. The number of benzene rings is 2. The van der Waals surface area contributed by atoms with E-state index in [2.05, 4.69) is 22.4 Å². The third kappa shape index (κ3) is 5.73. The second-order valence-corrected chi connectivity index (χ2v) is 11.2. The molecule has 0 aliphatic heterocycles. The van der Waals surface area contributed by atoms with Gasteiger partial charge in [-0.05, 0) is 73.9 Å². The third-order valence-corrected chi connectivity index (χ3v) is 8.29. The lowest BCUT2D eigenvalue weighted by molar-refractivity contribution is -0.123. The summed E-state index contributed by atoms with van der Waals surface area (Å²) in [5.74, 6) is 1.38. The number of thiophene rings is 1. The molecule has 9 heteroatoms. The molecule has 0 unspecified atom stereocenters. The predicted molar refractivity (Wildman–Crippen MR) is 154 cm³/mol. The summed E-state index contributed by atoms with van der Waals surface area (Å²) in [6.07, 6.45) is 5.90. The zero-order valence-corrected chi connectivity index (χ0v) is 23.4. The lowest BCUT2D eigenvalue weighted by atomic mass is 9.89. The Hall–Kier alpha value is -3.98. The van der Waals surface area contributed by atoms with Gasteiger partial charge in [-0.1, -0.05) is 36.8 Å². The number of nitrogens with zero attached hydrogens (tertiary/aromatic N) is 3. The zero-order valence-electron chi connectivity index (χ0n) is 22.6. The summed E-state index contributed by atoms with van der Waals surface area (Å²) in [5.41, 5.74) is 6.45. The fraction of sp³-hybridized carbons (Fsp3) is 0.333. The highest BCUT2D eigenvalue weighted by molar-refractivity contribution is 7.18. The van der Waals surface area contributed by atoms with Crippen LogP contribution in [-0.2, 0) is 24.2 Å². The van der Waals surface area contributed by atoms with Gasteiger partial charge in [0.1, 0.15) is 17.5 Å². The van der Waals surface area contributed by atoms with Crippen LogP contribution in [0.15, 0.2) is 58.7 Å². The van der Waals surface area contributed by atoms with E-state index in [1.807, 2.05) is 43.3 Å². The lowest BCUT2D eigenvalue weighted by Crippen LogP contribution is -2.34. The van der Waals surface area contributed by atoms with Crippen molar-refractivity contribution in [2.45, 2.75) is 52.7 Å². The third-order valence-electron chi connectivity index (χ3n) is 7.13. The highest BCUT2D eigenvalue weighted by Crippen LogP contribution is 2.35. The highest BCUT2D eigenvalue weighted by atomic mass is 32.1. The molecular weight excluding hydrogens is 512 g/mol. The number of hydrogen-bond acceptors (Lipinski definition) is 7. The topological polar surface area (TPSA) is 94.8 Å². The van der Waals surface area contributed by atoms with Crippen LogP contribution in [0.25, 0.3) is 10.2 Å². The molecule has 39 heavy (non-hydrogen) atoms. The summed E-state index contributed by atoms with van der Waals surface area (Å²) in [6, 6.07) is 12.8. The van der Waals surface area contributed by atoms with Crippen LogP contribution in [0.1, 0.15) is 53.4 Å². The van der Waals surface area contributed by atoms with E-state index in [4.69, 9.17) is 9.47 Å². The summed E-state index contributed by atoms with van der Waals surface area (Å²) in [6.45, 7) is 6.37. The number of amides is 1. The Labute approximate surface area is 231 Å². The molecule has 0 bridgehead atoms.